The number of esters is 1. The van der Waals surface area contributed by atoms with E-state index < -0.39 is 29.8 Å². The fraction of sp³-hybridized carbons (Fsp3) is 0.519. The molecule has 4 amide bonds. The predicted molar refractivity (Wildman–Crippen MR) is 140 cm³/mol. The second-order valence-electron chi connectivity index (χ2n) is 9.70. The van der Waals surface area contributed by atoms with Gasteiger partial charge in [-0.25, -0.2) is 14.4 Å². The van der Waals surface area contributed by atoms with Crippen LogP contribution in [0, 0.1) is 0 Å². The average Bonchev–Trinajstić information content (AvgIpc) is 3.11. The third kappa shape index (κ3) is 7.53. The molecule has 39 heavy (non-hydrogen) atoms. The second-order valence-corrected chi connectivity index (χ2v) is 9.70. The molecule has 214 valence electrons. The maximum absolute atomic E-state index is 13.3. The van der Waals surface area contributed by atoms with Crippen molar-refractivity contribution in [2.75, 3.05) is 45.9 Å². The van der Waals surface area contributed by atoms with Crippen LogP contribution in [0.25, 0.3) is 0 Å². The van der Waals surface area contributed by atoms with Crippen LogP contribution in [0.2, 0.25) is 0 Å². The molecule has 0 unspecified atom stereocenters. The van der Waals surface area contributed by atoms with E-state index in [4.69, 9.17) is 4.74 Å². The maximum Gasteiger partial charge on any atom is 0.416 e. The first kappa shape index (κ1) is 30.0. The van der Waals surface area contributed by atoms with Gasteiger partial charge in [0, 0.05) is 51.0 Å². The summed E-state index contributed by atoms with van der Waals surface area (Å²) in [5, 5.41) is 5.65. The van der Waals surface area contributed by atoms with Gasteiger partial charge in [0.2, 0.25) is 0 Å². The molecule has 2 aliphatic heterocycles. The summed E-state index contributed by atoms with van der Waals surface area (Å²) in [6.45, 7) is 11.7. The second kappa shape index (κ2) is 13.0. The van der Waals surface area contributed by atoms with Gasteiger partial charge in [-0.3, -0.25) is 9.80 Å². The van der Waals surface area contributed by atoms with E-state index in [1.54, 1.807) is 11.8 Å². The number of nitrogens with one attached hydrogen (secondary N) is 2. The molecule has 2 aliphatic rings. The number of rotatable bonds is 8. The minimum Gasteiger partial charge on any atom is -0.463 e. The van der Waals surface area contributed by atoms with Crippen molar-refractivity contribution in [3.63, 3.8) is 0 Å². The van der Waals surface area contributed by atoms with Gasteiger partial charge < -0.3 is 20.3 Å². The molecule has 2 heterocycles. The van der Waals surface area contributed by atoms with Crippen LogP contribution < -0.4 is 10.6 Å². The van der Waals surface area contributed by atoms with Gasteiger partial charge in [0.05, 0.1) is 23.8 Å². The first-order valence-corrected chi connectivity index (χ1v) is 13.0. The predicted octanol–water partition coefficient (Wildman–Crippen LogP) is 3.90. The number of carbonyl (C=O) groups excluding carboxylic acids is 3. The normalized spacial score (nSPS) is 19.1. The molecule has 12 heteroatoms. The number of carbonyl (C=O) groups is 3. The van der Waals surface area contributed by atoms with E-state index in [-0.39, 0.29) is 37.3 Å². The van der Waals surface area contributed by atoms with Crippen LogP contribution in [0.15, 0.2) is 48.2 Å². The number of alkyl halides is 3. The van der Waals surface area contributed by atoms with E-state index in [1.807, 2.05) is 13.8 Å². The molecule has 0 aromatic heterocycles. The Morgan fingerprint density at radius 1 is 1.18 bits per heavy atom. The third-order valence-corrected chi connectivity index (χ3v) is 6.48. The Kier molecular flexibility index (Phi) is 10.0. The lowest BCUT2D eigenvalue weighted by molar-refractivity contribution is -0.139. The Morgan fingerprint density at radius 2 is 1.87 bits per heavy atom. The van der Waals surface area contributed by atoms with E-state index in [0.717, 1.165) is 12.1 Å². The number of amides is 4. The largest absolute Gasteiger partial charge is 0.463 e. The van der Waals surface area contributed by atoms with Crippen molar-refractivity contribution < 1.29 is 32.3 Å². The minimum atomic E-state index is -4.52. The Labute approximate surface area is 226 Å². The molecule has 1 aromatic carbocycles. The topological polar surface area (TPSA) is 94.2 Å². The van der Waals surface area contributed by atoms with Crippen molar-refractivity contribution in [3.8, 4) is 0 Å². The van der Waals surface area contributed by atoms with Gasteiger partial charge in [0.1, 0.15) is 0 Å². The number of hydrogen-bond acceptors (Lipinski definition) is 5. The van der Waals surface area contributed by atoms with Crippen molar-refractivity contribution in [3.05, 3.63) is 59.3 Å². The molecule has 0 saturated carbocycles. The molecule has 1 aromatic rings. The first-order valence-electron chi connectivity index (χ1n) is 13.0. The van der Waals surface area contributed by atoms with Crippen molar-refractivity contribution in [2.45, 2.75) is 45.5 Å². The molecule has 9 nitrogen and oxygen atoms in total. The van der Waals surface area contributed by atoms with Crippen molar-refractivity contribution in [1.82, 2.24) is 25.3 Å². The van der Waals surface area contributed by atoms with Crippen LogP contribution in [-0.4, -0.2) is 84.6 Å². The number of hydrogen-bond donors (Lipinski definition) is 2. The number of halogens is 3. The summed E-state index contributed by atoms with van der Waals surface area (Å²) in [5.74, 6) is -0.667. The molecule has 1 saturated heterocycles. The van der Waals surface area contributed by atoms with Gasteiger partial charge in [-0.2, -0.15) is 13.2 Å². The van der Waals surface area contributed by atoms with Crippen molar-refractivity contribution in [2.24, 2.45) is 0 Å². The zero-order chi connectivity index (χ0) is 28.7. The Hall–Kier alpha value is -3.54. The van der Waals surface area contributed by atoms with E-state index >= 15 is 0 Å². The Balaban J connectivity index is 1.98. The average molecular weight is 552 g/mol. The minimum absolute atomic E-state index is 0.00416. The molecule has 0 bridgehead atoms. The summed E-state index contributed by atoms with van der Waals surface area (Å²) in [6.07, 6.45) is -2.31. The van der Waals surface area contributed by atoms with Crippen LogP contribution in [0.1, 0.15) is 44.4 Å². The zero-order valence-electron chi connectivity index (χ0n) is 22.5. The van der Waals surface area contributed by atoms with Crippen molar-refractivity contribution >= 4 is 18.0 Å². The fourth-order valence-corrected chi connectivity index (χ4v) is 4.64. The summed E-state index contributed by atoms with van der Waals surface area (Å²) in [7, 11) is 0. The molecule has 2 N–H and O–H groups in total. The van der Waals surface area contributed by atoms with E-state index in [9.17, 15) is 27.6 Å². The van der Waals surface area contributed by atoms with Gasteiger partial charge in [-0.05, 0) is 44.9 Å². The maximum atomic E-state index is 13.3. The van der Waals surface area contributed by atoms with Crippen LogP contribution in [0.5, 0.6) is 0 Å². The zero-order valence-corrected chi connectivity index (χ0v) is 22.5. The van der Waals surface area contributed by atoms with Gasteiger partial charge in [0.15, 0.2) is 0 Å². The molecule has 0 radical (unpaired) electrons. The summed E-state index contributed by atoms with van der Waals surface area (Å²) in [5.41, 5.74) is 0.0283. The molecule has 0 aliphatic carbocycles. The number of nitrogens with zero attached hydrogens (tertiary/aromatic N) is 3. The molecule has 1 fully saturated rings. The molecular formula is C27H36F3N5O4. The highest BCUT2D eigenvalue weighted by Crippen LogP contribution is 2.35. The monoisotopic (exact) mass is 551 g/mol. The third-order valence-electron chi connectivity index (χ3n) is 6.48. The highest BCUT2D eigenvalue weighted by atomic mass is 19.4. The highest BCUT2D eigenvalue weighted by Gasteiger charge is 2.39. The molecular weight excluding hydrogens is 515 g/mol. The lowest BCUT2D eigenvalue weighted by Gasteiger charge is -2.38. The van der Waals surface area contributed by atoms with E-state index in [2.05, 4.69) is 22.1 Å². The summed E-state index contributed by atoms with van der Waals surface area (Å²) >= 11 is 0. The molecule has 3 rings (SSSR count). The number of ether oxygens (including phenoxy) is 1. The summed E-state index contributed by atoms with van der Waals surface area (Å²) in [4.78, 5) is 44.2. The van der Waals surface area contributed by atoms with Crippen molar-refractivity contribution in [1.29, 1.82) is 0 Å². The van der Waals surface area contributed by atoms with Crippen LogP contribution in [-0.2, 0) is 15.7 Å². The van der Waals surface area contributed by atoms with Gasteiger partial charge in [0.25, 0.3) is 0 Å². The highest BCUT2D eigenvalue weighted by molar-refractivity contribution is 5.95. The van der Waals surface area contributed by atoms with Crippen LogP contribution >= 0.6 is 0 Å². The van der Waals surface area contributed by atoms with E-state index in [0.29, 0.717) is 43.9 Å². The molecule has 0 spiro atoms. The Morgan fingerprint density at radius 3 is 2.46 bits per heavy atom. The first-order chi connectivity index (χ1) is 18.5. The SMILES string of the molecule is C=CCN1C(=O)N[C@H](c2ccc(C(F)(F)F)cc2)C(C(=O)OCC)=C1CN1CCCN(C(=O)NC(C)C)CC1. The Bertz CT molecular complexity index is 1090. The van der Waals surface area contributed by atoms with Gasteiger partial charge in [-0.1, -0.05) is 18.2 Å². The van der Waals surface area contributed by atoms with Gasteiger partial charge in [-0.15, -0.1) is 6.58 Å². The standard InChI is InChI=1S/C27H36F3N5O4/c1-5-12-35-21(17-33-13-7-14-34(16-15-33)25(37)31-18(3)4)22(24(36)39-6-2)23(32-26(35)38)19-8-10-20(11-9-19)27(28,29)30/h5,8-11,18,23H,1,6-7,12-17H2,2-4H3,(H,31,37)(H,32,38)/t23-/m1/s1. The fourth-order valence-electron chi connectivity index (χ4n) is 4.64. The lowest BCUT2D eigenvalue weighted by atomic mass is 9.93. The molecule has 1 atom stereocenters. The van der Waals surface area contributed by atoms with Gasteiger partial charge >= 0.3 is 24.2 Å². The smallest absolute Gasteiger partial charge is 0.416 e. The van der Waals surface area contributed by atoms with E-state index in [1.165, 1.54) is 23.1 Å². The summed E-state index contributed by atoms with van der Waals surface area (Å²) < 4.78 is 44.8. The quantitative estimate of drug-likeness (QED) is 0.378. The van der Waals surface area contributed by atoms with Crippen LogP contribution in [0.4, 0.5) is 22.8 Å². The number of urea groups is 2. The van der Waals surface area contributed by atoms with Crippen LogP contribution in [0.3, 0.4) is 0 Å². The number of benzene rings is 1. The lowest BCUT2D eigenvalue weighted by Crippen LogP contribution is -2.51. The summed E-state index contributed by atoms with van der Waals surface area (Å²) in [6, 6.07) is 2.70.